The third-order valence-corrected chi connectivity index (χ3v) is 3.99. The zero-order chi connectivity index (χ0) is 8.72. The zero-order valence-corrected chi connectivity index (χ0v) is 10.3. The Morgan fingerprint density at radius 3 is 2.92 bits per heavy atom. The molecule has 0 aliphatic carbocycles. The minimum Gasteiger partial charge on any atom is -0.205 e. The van der Waals surface area contributed by atoms with Gasteiger partial charge in [-0.25, -0.2) is 4.39 Å². The molecule has 1 aromatic heterocycles. The summed E-state index contributed by atoms with van der Waals surface area (Å²) >= 11 is 6.88. The first kappa shape index (κ1) is 8.90. The van der Waals surface area contributed by atoms with Crippen LogP contribution in [0.25, 0.3) is 10.1 Å². The largest absolute Gasteiger partial charge is 0.205 e. The molecule has 0 N–H and O–H groups in total. The van der Waals surface area contributed by atoms with E-state index in [4.69, 9.17) is 0 Å². The first-order valence-corrected chi connectivity index (χ1v) is 5.90. The van der Waals surface area contributed by atoms with Crippen LogP contribution in [0.3, 0.4) is 0 Å². The van der Waals surface area contributed by atoms with Gasteiger partial charge in [0, 0.05) is 13.7 Å². The predicted molar refractivity (Wildman–Crippen MR) is 62.2 cm³/mol. The highest BCUT2D eigenvalue weighted by molar-refractivity contribution is 14.1. The molecule has 0 saturated heterocycles. The lowest BCUT2D eigenvalue weighted by Crippen LogP contribution is -1.79. The van der Waals surface area contributed by atoms with E-state index in [-0.39, 0.29) is 5.82 Å². The third kappa shape index (κ3) is 1.40. The summed E-state index contributed by atoms with van der Waals surface area (Å²) in [6.07, 6.45) is 0. The van der Waals surface area contributed by atoms with E-state index >= 15 is 0 Å². The molecule has 0 aliphatic heterocycles. The van der Waals surface area contributed by atoms with Crippen molar-refractivity contribution >= 4 is 59.9 Å². The third-order valence-electron chi connectivity index (χ3n) is 1.56. The molecule has 0 nitrogen and oxygen atoms in total. The summed E-state index contributed by atoms with van der Waals surface area (Å²) in [5, 5.41) is 0.707. The van der Waals surface area contributed by atoms with Gasteiger partial charge in [0.2, 0.25) is 0 Å². The molecule has 0 aliphatic rings. The highest BCUT2D eigenvalue weighted by Crippen LogP contribution is 2.32. The molecule has 0 fully saturated rings. The Labute approximate surface area is 95.0 Å². The van der Waals surface area contributed by atoms with Gasteiger partial charge >= 0.3 is 0 Å². The molecular formula is C8H3BrFIS. The zero-order valence-electron chi connectivity index (χ0n) is 5.77. The lowest BCUT2D eigenvalue weighted by molar-refractivity contribution is 0.633. The molecule has 0 radical (unpaired) electrons. The van der Waals surface area contributed by atoms with Crippen molar-refractivity contribution in [2.24, 2.45) is 0 Å². The van der Waals surface area contributed by atoms with E-state index in [0.717, 1.165) is 8.49 Å². The van der Waals surface area contributed by atoms with Crippen molar-refractivity contribution in [3.05, 3.63) is 31.4 Å². The Morgan fingerprint density at radius 1 is 1.42 bits per heavy atom. The standard InChI is InChI=1S/C8H3BrFIS/c9-7-3-4-6(12-7)2-1-5(11)8(4)10/h1-3H. The van der Waals surface area contributed by atoms with Crippen molar-refractivity contribution in [3.8, 4) is 0 Å². The normalized spacial score (nSPS) is 10.9. The van der Waals surface area contributed by atoms with Crippen LogP contribution in [0.2, 0.25) is 0 Å². The Hall–Kier alpha value is 0.320. The van der Waals surface area contributed by atoms with Crippen LogP contribution in [0.15, 0.2) is 22.0 Å². The second-order valence-corrected chi connectivity index (χ2v) is 5.95. The lowest BCUT2D eigenvalue weighted by Gasteiger charge is -1.93. The average Bonchev–Trinajstić information content (AvgIpc) is 2.39. The Bertz CT molecular complexity index is 438. The molecule has 0 atom stereocenters. The van der Waals surface area contributed by atoms with Crippen LogP contribution >= 0.6 is 49.9 Å². The molecule has 1 aromatic carbocycles. The molecule has 0 unspecified atom stereocenters. The molecular weight excluding hydrogens is 354 g/mol. The van der Waals surface area contributed by atoms with E-state index in [9.17, 15) is 4.39 Å². The Kier molecular flexibility index (Phi) is 2.39. The van der Waals surface area contributed by atoms with Crippen molar-refractivity contribution in [2.75, 3.05) is 0 Å². The number of rotatable bonds is 0. The topological polar surface area (TPSA) is 0 Å². The minimum absolute atomic E-state index is 0.116. The van der Waals surface area contributed by atoms with E-state index < -0.39 is 0 Å². The number of halogens is 3. The van der Waals surface area contributed by atoms with Gasteiger partial charge in [0.05, 0.1) is 3.79 Å². The minimum atomic E-state index is -0.116. The SMILES string of the molecule is Fc1c(I)ccc2sc(Br)cc12. The summed E-state index contributed by atoms with van der Waals surface area (Å²) in [6, 6.07) is 5.55. The highest BCUT2D eigenvalue weighted by atomic mass is 127. The van der Waals surface area contributed by atoms with Crippen LogP contribution in [0, 0.1) is 9.39 Å². The summed E-state index contributed by atoms with van der Waals surface area (Å²) in [5.74, 6) is -0.116. The van der Waals surface area contributed by atoms with Gasteiger partial charge in [-0.05, 0) is 56.7 Å². The molecule has 2 rings (SSSR count). The second kappa shape index (κ2) is 3.23. The summed E-state index contributed by atoms with van der Waals surface area (Å²) in [5.41, 5.74) is 0. The van der Waals surface area contributed by atoms with Gasteiger partial charge in [0.15, 0.2) is 0 Å². The Morgan fingerprint density at radius 2 is 2.17 bits per heavy atom. The molecule has 0 amide bonds. The van der Waals surface area contributed by atoms with Crippen molar-refractivity contribution in [2.45, 2.75) is 0 Å². The smallest absolute Gasteiger partial charge is 0.145 e. The van der Waals surface area contributed by atoms with Crippen molar-refractivity contribution < 1.29 is 4.39 Å². The maximum Gasteiger partial charge on any atom is 0.145 e. The van der Waals surface area contributed by atoms with E-state index in [1.165, 1.54) is 0 Å². The molecule has 12 heavy (non-hydrogen) atoms. The van der Waals surface area contributed by atoms with E-state index in [1.807, 2.05) is 34.7 Å². The highest BCUT2D eigenvalue weighted by Gasteiger charge is 2.07. The quantitative estimate of drug-likeness (QED) is 0.613. The van der Waals surface area contributed by atoms with Crippen molar-refractivity contribution in [3.63, 3.8) is 0 Å². The molecule has 62 valence electrons. The van der Waals surface area contributed by atoms with Gasteiger partial charge < -0.3 is 0 Å². The lowest BCUT2D eigenvalue weighted by atomic mass is 10.2. The van der Waals surface area contributed by atoms with Crippen molar-refractivity contribution in [1.82, 2.24) is 0 Å². The maximum absolute atomic E-state index is 13.4. The van der Waals surface area contributed by atoms with E-state index in [2.05, 4.69) is 15.9 Å². The van der Waals surface area contributed by atoms with Gasteiger partial charge in [-0.2, -0.15) is 0 Å². The molecule has 0 saturated carbocycles. The van der Waals surface area contributed by atoms with Crippen molar-refractivity contribution in [1.29, 1.82) is 0 Å². The fraction of sp³-hybridized carbons (Fsp3) is 0. The van der Waals surface area contributed by atoms with E-state index in [0.29, 0.717) is 8.96 Å². The number of hydrogen-bond acceptors (Lipinski definition) is 1. The van der Waals surface area contributed by atoms with Gasteiger partial charge in [-0.15, -0.1) is 11.3 Å². The van der Waals surface area contributed by atoms with Gasteiger partial charge in [-0.1, -0.05) is 0 Å². The van der Waals surface area contributed by atoms with Crippen LogP contribution in [0.4, 0.5) is 4.39 Å². The molecule has 4 heteroatoms. The molecule has 0 spiro atoms. The van der Waals surface area contributed by atoms with Crippen LogP contribution in [0.5, 0.6) is 0 Å². The maximum atomic E-state index is 13.4. The predicted octanol–water partition coefficient (Wildman–Crippen LogP) is 4.41. The fourth-order valence-electron chi connectivity index (χ4n) is 1.02. The molecule has 1 heterocycles. The fourth-order valence-corrected chi connectivity index (χ4v) is 3.02. The van der Waals surface area contributed by atoms with Crippen LogP contribution in [-0.4, -0.2) is 0 Å². The molecule has 0 bridgehead atoms. The average molecular weight is 357 g/mol. The number of thiophene rings is 1. The van der Waals surface area contributed by atoms with Crippen LogP contribution in [-0.2, 0) is 0 Å². The Balaban J connectivity index is 2.89. The van der Waals surface area contributed by atoms with Crippen LogP contribution in [0.1, 0.15) is 0 Å². The van der Waals surface area contributed by atoms with E-state index in [1.54, 1.807) is 17.4 Å². The second-order valence-electron chi connectivity index (χ2n) is 2.32. The monoisotopic (exact) mass is 356 g/mol. The summed E-state index contributed by atoms with van der Waals surface area (Å²) in [7, 11) is 0. The van der Waals surface area contributed by atoms with Gasteiger partial charge in [0.25, 0.3) is 0 Å². The summed E-state index contributed by atoms with van der Waals surface area (Å²) in [4.78, 5) is 0. The number of fused-ring (bicyclic) bond motifs is 1. The number of benzene rings is 1. The first-order chi connectivity index (χ1) is 5.68. The summed E-state index contributed by atoms with van der Waals surface area (Å²) < 4.78 is 16.0. The summed E-state index contributed by atoms with van der Waals surface area (Å²) in [6.45, 7) is 0. The van der Waals surface area contributed by atoms with Gasteiger partial charge in [0.1, 0.15) is 5.82 Å². The molecule has 2 aromatic rings. The van der Waals surface area contributed by atoms with Gasteiger partial charge in [-0.3, -0.25) is 0 Å². The number of hydrogen-bond donors (Lipinski definition) is 0. The van der Waals surface area contributed by atoms with Crippen LogP contribution < -0.4 is 0 Å². The first-order valence-electron chi connectivity index (χ1n) is 3.21.